The number of hydrogen-bond acceptors (Lipinski definition) is 8. The highest BCUT2D eigenvalue weighted by Crippen LogP contribution is 2.44. The van der Waals surface area contributed by atoms with Gasteiger partial charge in [-0.05, 0) is 60.7 Å². The molecule has 3 heterocycles. The highest BCUT2D eigenvalue weighted by molar-refractivity contribution is 7.13. The van der Waals surface area contributed by atoms with Crippen LogP contribution in [0.15, 0.2) is 35.7 Å². The van der Waals surface area contributed by atoms with Gasteiger partial charge in [0.1, 0.15) is 17.5 Å². The molecule has 212 valence electrons. The minimum absolute atomic E-state index is 0.0683. The van der Waals surface area contributed by atoms with Gasteiger partial charge in [-0.25, -0.2) is 14.6 Å². The molecule has 4 rings (SSSR count). The number of hydrogen-bond donors (Lipinski definition) is 1. The highest BCUT2D eigenvalue weighted by Gasteiger charge is 2.29. The van der Waals surface area contributed by atoms with E-state index in [9.17, 15) is 14.4 Å². The molecule has 1 atom stereocenters. The first-order valence-corrected chi connectivity index (χ1v) is 18.1. The van der Waals surface area contributed by atoms with Crippen LogP contribution in [0.25, 0.3) is 21.6 Å². The molecule has 10 heteroatoms. The van der Waals surface area contributed by atoms with Crippen molar-refractivity contribution in [2.45, 2.75) is 58.5 Å². The van der Waals surface area contributed by atoms with Gasteiger partial charge in [0.2, 0.25) is 0 Å². The SMILES string of the molecule is CCCNC(=O)c1ccc(-c2cc3c(cc2C(=O)OCC[Si](C)(C)C)-c2sccc2C[C@H](C)O3)c(C(=O)OC)n1. The van der Waals surface area contributed by atoms with Gasteiger partial charge in [-0.2, -0.15) is 0 Å². The molecule has 1 N–H and O–H groups in total. The van der Waals surface area contributed by atoms with Crippen molar-refractivity contribution in [3.63, 3.8) is 0 Å². The quantitative estimate of drug-likeness (QED) is 0.237. The van der Waals surface area contributed by atoms with Crippen LogP contribution in [0.5, 0.6) is 5.75 Å². The first kappa shape index (κ1) is 29.5. The van der Waals surface area contributed by atoms with E-state index in [0.29, 0.717) is 35.6 Å². The molecule has 40 heavy (non-hydrogen) atoms. The monoisotopic (exact) mass is 580 g/mol. The average molecular weight is 581 g/mol. The van der Waals surface area contributed by atoms with Gasteiger partial charge in [-0.1, -0.05) is 26.6 Å². The number of esters is 2. The summed E-state index contributed by atoms with van der Waals surface area (Å²) in [6.45, 7) is 11.4. The van der Waals surface area contributed by atoms with Crippen molar-refractivity contribution in [3.8, 4) is 27.3 Å². The number of thiophene rings is 1. The number of rotatable bonds is 9. The van der Waals surface area contributed by atoms with Gasteiger partial charge in [0.05, 0.1) is 19.3 Å². The topological polar surface area (TPSA) is 104 Å². The summed E-state index contributed by atoms with van der Waals surface area (Å²) < 4.78 is 17.1. The second-order valence-corrected chi connectivity index (χ2v) is 17.6. The van der Waals surface area contributed by atoms with E-state index < -0.39 is 25.9 Å². The number of nitrogens with one attached hydrogen (secondary N) is 1. The van der Waals surface area contributed by atoms with E-state index in [1.54, 1.807) is 35.6 Å². The number of carbonyl (C=O) groups is 3. The summed E-state index contributed by atoms with van der Waals surface area (Å²) in [7, 11) is -0.186. The van der Waals surface area contributed by atoms with E-state index in [2.05, 4.69) is 36.0 Å². The Balaban J connectivity index is 1.88. The number of ether oxygens (including phenoxy) is 3. The van der Waals surface area contributed by atoms with Crippen LogP contribution in [0.1, 0.15) is 57.2 Å². The molecule has 0 radical (unpaired) electrons. The maximum atomic E-state index is 13.6. The van der Waals surface area contributed by atoms with Crippen LogP contribution < -0.4 is 10.1 Å². The molecule has 8 nitrogen and oxygen atoms in total. The normalized spacial score (nSPS) is 14.3. The molecule has 0 aliphatic carbocycles. The summed E-state index contributed by atoms with van der Waals surface area (Å²) >= 11 is 1.59. The average Bonchev–Trinajstić information content (AvgIpc) is 3.32. The number of amides is 1. The van der Waals surface area contributed by atoms with Crippen molar-refractivity contribution in [3.05, 3.63) is 58.2 Å². The van der Waals surface area contributed by atoms with E-state index in [4.69, 9.17) is 14.2 Å². The molecular formula is C30H36N2O6SSi. The molecular weight excluding hydrogens is 544 g/mol. The molecule has 1 aromatic carbocycles. The van der Waals surface area contributed by atoms with Crippen LogP contribution in [0.3, 0.4) is 0 Å². The minimum atomic E-state index is -1.44. The molecule has 2 aromatic heterocycles. The van der Waals surface area contributed by atoms with Gasteiger partial charge in [-0.3, -0.25) is 4.79 Å². The lowest BCUT2D eigenvalue weighted by atomic mass is 9.94. The van der Waals surface area contributed by atoms with Crippen LogP contribution in [-0.4, -0.2) is 57.3 Å². The smallest absolute Gasteiger partial charge is 0.357 e. The molecule has 0 fully saturated rings. The number of carbonyl (C=O) groups excluding carboxylic acids is 3. The first-order chi connectivity index (χ1) is 19.0. The molecule has 0 saturated heterocycles. The summed E-state index contributed by atoms with van der Waals surface area (Å²) in [6, 6.07) is 9.63. The van der Waals surface area contributed by atoms with Gasteiger partial charge in [0.15, 0.2) is 5.69 Å². The van der Waals surface area contributed by atoms with Gasteiger partial charge < -0.3 is 19.5 Å². The molecule has 0 unspecified atom stereocenters. The summed E-state index contributed by atoms with van der Waals surface area (Å²) in [4.78, 5) is 44.6. The fraction of sp³-hybridized carbons (Fsp3) is 0.400. The lowest BCUT2D eigenvalue weighted by Gasteiger charge is -2.19. The Morgan fingerprint density at radius 1 is 1.10 bits per heavy atom. The van der Waals surface area contributed by atoms with E-state index in [1.807, 2.05) is 19.2 Å². The third-order valence-corrected chi connectivity index (χ3v) is 9.28. The number of nitrogens with zero attached hydrogens (tertiary/aromatic N) is 1. The molecule has 1 aliphatic rings. The van der Waals surface area contributed by atoms with Crippen molar-refractivity contribution < 1.29 is 28.6 Å². The number of aromatic nitrogens is 1. The van der Waals surface area contributed by atoms with Crippen LogP contribution in [0.4, 0.5) is 0 Å². The van der Waals surface area contributed by atoms with E-state index in [0.717, 1.165) is 34.9 Å². The highest BCUT2D eigenvalue weighted by atomic mass is 32.1. The lowest BCUT2D eigenvalue weighted by Crippen LogP contribution is -2.26. The number of methoxy groups -OCH3 is 1. The number of benzene rings is 1. The molecule has 0 bridgehead atoms. The van der Waals surface area contributed by atoms with Crippen molar-refractivity contribution in [1.29, 1.82) is 0 Å². The zero-order valence-corrected chi connectivity index (χ0v) is 25.7. The van der Waals surface area contributed by atoms with Crippen molar-refractivity contribution in [2.24, 2.45) is 0 Å². The van der Waals surface area contributed by atoms with Crippen molar-refractivity contribution in [2.75, 3.05) is 20.3 Å². The fourth-order valence-electron chi connectivity index (χ4n) is 4.46. The number of fused-ring (bicyclic) bond motifs is 3. The standard InChI is InChI=1S/C30H36N2O6SSi/c1-7-11-31-28(33)24-9-8-20(26(32-24)30(35)36-3)21-17-25-23(27-19(10-13-39-27)15-18(2)38-25)16-22(21)29(34)37-12-14-40(4,5)6/h8-10,13,16-18H,7,11-12,14-15H2,1-6H3,(H,31,33)/t18-/m0/s1. The summed E-state index contributed by atoms with van der Waals surface area (Å²) in [5, 5.41) is 4.81. The maximum absolute atomic E-state index is 13.6. The van der Waals surface area contributed by atoms with Gasteiger partial charge >= 0.3 is 11.9 Å². The van der Waals surface area contributed by atoms with Crippen LogP contribution >= 0.6 is 11.3 Å². The Hall–Kier alpha value is -3.50. The predicted molar refractivity (Wildman–Crippen MR) is 159 cm³/mol. The number of pyridine rings is 1. The van der Waals surface area contributed by atoms with E-state index in [1.165, 1.54) is 7.11 Å². The second-order valence-electron chi connectivity index (χ2n) is 11.1. The Morgan fingerprint density at radius 3 is 2.58 bits per heavy atom. The van der Waals surface area contributed by atoms with Crippen LogP contribution in [-0.2, 0) is 15.9 Å². The Bertz CT molecular complexity index is 1430. The summed E-state index contributed by atoms with van der Waals surface area (Å²) in [5.74, 6) is -1.01. The maximum Gasteiger partial charge on any atom is 0.357 e. The predicted octanol–water partition coefficient (Wildman–Crippen LogP) is 6.22. The van der Waals surface area contributed by atoms with Crippen LogP contribution in [0.2, 0.25) is 25.7 Å². The largest absolute Gasteiger partial charge is 0.490 e. The molecule has 0 spiro atoms. The van der Waals surface area contributed by atoms with Gasteiger partial charge in [0, 0.05) is 42.6 Å². The van der Waals surface area contributed by atoms with E-state index in [-0.39, 0.29) is 17.5 Å². The Morgan fingerprint density at radius 2 is 1.88 bits per heavy atom. The summed E-state index contributed by atoms with van der Waals surface area (Å²) in [5.41, 5.74) is 3.05. The zero-order valence-electron chi connectivity index (χ0n) is 23.9. The van der Waals surface area contributed by atoms with Crippen molar-refractivity contribution in [1.82, 2.24) is 10.3 Å². The van der Waals surface area contributed by atoms with Crippen molar-refractivity contribution >= 4 is 37.3 Å². The van der Waals surface area contributed by atoms with Gasteiger partial charge in [-0.15, -0.1) is 11.3 Å². The molecule has 1 amide bonds. The first-order valence-electron chi connectivity index (χ1n) is 13.5. The summed E-state index contributed by atoms with van der Waals surface area (Å²) in [6.07, 6.45) is 1.39. The second kappa shape index (κ2) is 12.3. The van der Waals surface area contributed by atoms with Gasteiger partial charge in [0.25, 0.3) is 5.91 Å². The third kappa shape index (κ3) is 6.61. The Labute approximate surface area is 240 Å². The molecule has 1 aliphatic heterocycles. The molecule has 0 saturated carbocycles. The molecule has 3 aromatic rings. The third-order valence-electron chi connectivity index (χ3n) is 6.58. The lowest BCUT2D eigenvalue weighted by molar-refractivity contribution is 0.0524. The van der Waals surface area contributed by atoms with Crippen LogP contribution in [0, 0.1) is 0 Å². The Kier molecular flexibility index (Phi) is 9.10. The fourth-order valence-corrected chi connectivity index (χ4v) is 6.13. The zero-order chi connectivity index (χ0) is 29.0. The van der Waals surface area contributed by atoms with E-state index >= 15 is 0 Å². The minimum Gasteiger partial charge on any atom is -0.490 e.